The molecule has 0 spiro atoms. The van der Waals surface area contributed by atoms with Crippen LogP contribution in [0.15, 0.2) is 47.4 Å². The van der Waals surface area contributed by atoms with Gasteiger partial charge >= 0.3 is 6.18 Å². The van der Waals surface area contributed by atoms with E-state index in [0.717, 1.165) is 31.0 Å². The standard InChI is InChI=1S/C23H27F3N2O5S/c1-16-9-11-27(12-10-16)22(29)15-28(18-6-4-5-17(13-18)23(24,25)26)34(30,31)19-7-8-20(32-2)21(14-19)33-3/h4-8,13-14,16H,9-12,15H2,1-3H3. The van der Waals surface area contributed by atoms with Gasteiger partial charge in [0.15, 0.2) is 11.5 Å². The van der Waals surface area contributed by atoms with E-state index in [2.05, 4.69) is 6.92 Å². The molecule has 1 fully saturated rings. The van der Waals surface area contributed by atoms with Crippen LogP contribution in [-0.4, -0.2) is 53.1 Å². The van der Waals surface area contributed by atoms with Crippen LogP contribution in [-0.2, 0) is 21.0 Å². The number of carbonyl (C=O) groups excluding carboxylic acids is 1. The van der Waals surface area contributed by atoms with Gasteiger partial charge in [0.2, 0.25) is 5.91 Å². The number of amides is 1. The van der Waals surface area contributed by atoms with E-state index < -0.39 is 34.2 Å². The van der Waals surface area contributed by atoms with E-state index in [1.54, 1.807) is 4.90 Å². The molecule has 0 aromatic heterocycles. The molecule has 2 aromatic rings. The van der Waals surface area contributed by atoms with Crippen LogP contribution in [0.2, 0.25) is 0 Å². The van der Waals surface area contributed by atoms with Gasteiger partial charge in [-0.15, -0.1) is 0 Å². The highest BCUT2D eigenvalue weighted by molar-refractivity contribution is 7.92. The fraction of sp³-hybridized carbons (Fsp3) is 0.435. The topological polar surface area (TPSA) is 76.2 Å². The van der Waals surface area contributed by atoms with Crippen molar-refractivity contribution in [2.75, 3.05) is 38.2 Å². The molecule has 1 heterocycles. The predicted molar refractivity (Wildman–Crippen MR) is 120 cm³/mol. The number of piperidine rings is 1. The number of likely N-dealkylation sites (tertiary alicyclic amines) is 1. The average Bonchev–Trinajstić information content (AvgIpc) is 2.81. The fourth-order valence-corrected chi connectivity index (χ4v) is 5.16. The van der Waals surface area contributed by atoms with Gasteiger partial charge in [-0.25, -0.2) is 8.42 Å². The third-order valence-corrected chi connectivity index (χ3v) is 7.59. The zero-order chi connectivity index (χ0) is 25.1. The SMILES string of the molecule is COc1ccc(S(=O)(=O)N(CC(=O)N2CCC(C)CC2)c2cccc(C(F)(F)F)c2)cc1OC. The molecule has 0 unspecified atom stereocenters. The van der Waals surface area contributed by atoms with Crippen LogP contribution in [0.25, 0.3) is 0 Å². The van der Waals surface area contributed by atoms with E-state index in [1.807, 2.05) is 0 Å². The van der Waals surface area contributed by atoms with Gasteiger partial charge in [-0.05, 0) is 49.1 Å². The molecule has 0 bridgehead atoms. The summed E-state index contributed by atoms with van der Waals surface area (Å²) < 4.78 is 78.3. The normalized spacial score (nSPS) is 15.2. The van der Waals surface area contributed by atoms with E-state index in [0.29, 0.717) is 23.3 Å². The highest BCUT2D eigenvalue weighted by atomic mass is 32.2. The molecular formula is C23H27F3N2O5S. The number of rotatable bonds is 7. The monoisotopic (exact) mass is 500 g/mol. The summed E-state index contributed by atoms with van der Waals surface area (Å²) in [6.07, 6.45) is -3.13. The molecule has 1 amide bonds. The average molecular weight is 501 g/mol. The minimum Gasteiger partial charge on any atom is -0.493 e. The number of sulfonamides is 1. The molecule has 0 atom stereocenters. The Bertz CT molecular complexity index is 1130. The first kappa shape index (κ1) is 25.7. The van der Waals surface area contributed by atoms with Crippen molar-refractivity contribution >= 4 is 21.6 Å². The molecule has 2 aromatic carbocycles. The van der Waals surface area contributed by atoms with Crippen LogP contribution in [0.5, 0.6) is 11.5 Å². The lowest BCUT2D eigenvalue weighted by Gasteiger charge is -2.33. The molecule has 0 saturated carbocycles. The number of benzene rings is 2. The maximum absolute atomic E-state index is 13.6. The van der Waals surface area contributed by atoms with Crippen LogP contribution in [0.3, 0.4) is 0 Å². The third-order valence-electron chi connectivity index (χ3n) is 5.82. The highest BCUT2D eigenvalue weighted by Gasteiger charge is 2.34. The largest absolute Gasteiger partial charge is 0.493 e. The summed E-state index contributed by atoms with van der Waals surface area (Å²) in [5, 5.41) is 0. The van der Waals surface area contributed by atoms with Gasteiger partial charge in [0.1, 0.15) is 6.54 Å². The molecule has 1 aliphatic heterocycles. The molecule has 0 N–H and O–H groups in total. The first-order valence-electron chi connectivity index (χ1n) is 10.7. The van der Waals surface area contributed by atoms with Crippen molar-refractivity contribution in [2.45, 2.75) is 30.8 Å². The van der Waals surface area contributed by atoms with E-state index in [9.17, 15) is 26.4 Å². The number of hydrogen-bond acceptors (Lipinski definition) is 5. The molecule has 1 aliphatic rings. The molecule has 1 saturated heterocycles. The Balaban J connectivity index is 2.05. The number of ether oxygens (including phenoxy) is 2. The Hall–Kier alpha value is -2.95. The number of anilines is 1. The number of nitrogens with zero attached hydrogens (tertiary/aromatic N) is 2. The van der Waals surface area contributed by atoms with Crippen molar-refractivity contribution in [3.8, 4) is 11.5 Å². The minimum atomic E-state index is -4.68. The first-order chi connectivity index (χ1) is 16.0. The number of hydrogen-bond donors (Lipinski definition) is 0. The van der Waals surface area contributed by atoms with Gasteiger partial charge in [-0.1, -0.05) is 13.0 Å². The van der Waals surface area contributed by atoms with Crippen molar-refractivity contribution < 1.29 is 35.9 Å². The number of methoxy groups -OCH3 is 2. The Morgan fingerprint density at radius 2 is 1.71 bits per heavy atom. The van der Waals surface area contributed by atoms with Crippen LogP contribution in [0.4, 0.5) is 18.9 Å². The molecule has 3 rings (SSSR count). The summed E-state index contributed by atoms with van der Waals surface area (Å²) >= 11 is 0. The summed E-state index contributed by atoms with van der Waals surface area (Å²) in [6, 6.07) is 7.76. The zero-order valence-corrected chi connectivity index (χ0v) is 19.9. The van der Waals surface area contributed by atoms with Crippen molar-refractivity contribution in [3.05, 3.63) is 48.0 Å². The van der Waals surface area contributed by atoms with Gasteiger partial charge in [0.05, 0.1) is 30.4 Å². The molecular weight excluding hydrogens is 473 g/mol. The summed E-state index contributed by atoms with van der Waals surface area (Å²) in [4.78, 5) is 14.3. The quantitative estimate of drug-likeness (QED) is 0.570. The highest BCUT2D eigenvalue weighted by Crippen LogP contribution is 2.35. The van der Waals surface area contributed by atoms with Crippen LogP contribution >= 0.6 is 0 Å². The van der Waals surface area contributed by atoms with Crippen molar-refractivity contribution in [1.29, 1.82) is 0 Å². The Kier molecular flexibility index (Phi) is 7.64. The lowest BCUT2D eigenvalue weighted by molar-refractivity contribution is -0.137. The minimum absolute atomic E-state index is 0.129. The maximum atomic E-state index is 13.6. The van der Waals surface area contributed by atoms with E-state index in [4.69, 9.17) is 9.47 Å². The van der Waals surface area contributed by atoms with Gasteiger partial charge in [-0.2, -0.15) is 13.2 Å². The second kappa shape index (κ2) is 10.1. The van der Waals surface area contributed by atoms with Crippen molar-refractivity contribution in [3.63, 3.8) is 0 Å². The van der Waals surface area contributed by atoms with Crippen LogP contribution in [0, 0.1) is 5.92 Å². The van der Waals surface area contributed by atoms with E-state index in [-0.39, 0.29) is 22.1 Å². The van der Waals surface area contributed by atoms with Gasteiger partial charge < -0.3 is 14.4 Å². The Morgan fingerprint density at radius 3 is 2.29 bits per heavy atom. The first-order valence-corrected chi connectivity index (χ1v) is 12.1. The van der Waals surface area contributed by atoms with Crippen molar-refractivity contribution in [1.82, 2.24) is 4.90 Å². The second-order valence-corrected chi connectivity index (χ2v) is 10.0. The molecule has 11 heteroatoms. The Morgan fingerprint density at radius 1 is 1.06 bits per heavy atom. The van der Waals surface area contributed by atoms with Gasteiger partial charge in [0, 0.05) is 19.2 Å². The summed E-state index contributed by atoms with van der Waals surface area (Å²) in [6.45, 7) is 2.37. The fourth-order valence-electron chi connectivity index (χ4n) is 3.74. The lowest BCUT2D eigenvalue weighted by atomic mass is 9.99. The number of halogens is 3. The lowest BCUT2D eigenvalue weighted by Crippen LogP contribution is -2.45. The molecule has 186 valence electrons. The molecule has 34 heavy (non-hydrogen) atoms. The van der Waals surface area contributed by atoms with E-state index in [1.165, 1.54) is 38.5 Å². The third kappa shape index (κ3) is 5.57. The number of alkyl halides is 3. The van der Waals surface area contributed by atoms with Crippen LogP contribution in [0.1, 0.15) is 25.3 Å². The molecule has 0 aliphatic carbocycles. The van der Waals surface area contributed by atoms with Gasteiger partial charge in [0.25, 0.3) is 10.0 Å². The van der Waals surface area contributed by atoms with Crippen LogP contribution < -0.4 is 13.8 Å². The zero-order valence-electron chi connectivity index (χ0n) is 19.1. The van der Waals surface area contributed by atoms with E-state index >= 15 is 0 Å². The second-order valence-electron chi connectivity index (χ2n) is 8.14. The summed E-state index contributed by atoms with van der Waals surface area (Å²) in [5.41, 5.74) is -1.28. The smallest absolute Gasteiger partial charge is 0.416 e. The van der Waals surface area contributed by atoms with Crippen molar-refractivity contribution in [2.24, 2.45) is 5.92 Å². The molecule has 0 radical (unpaired) electrons. The molecule has 7 nitrogen and oxygen atoms in total. The predicted octanol–water partition coefficient (Wildman–Crippen LogP) is 4.18. The van der Waals surface area contributed by atoms with Gasteiger partial charge in [-0.3, -0.25) is 9.10 Å². The Labute approximate surface area is 197 Å². The summed E-state index contributed by atoms with van der Waals surface area (Å²) in [7, 11) is -1.71. The number of carbonyl (C=O) groups is 1. The maximum Gasteiger partial charge on any atom is 0.416 e. The summed E-state index contributed by atoms with van der Waals surface area (Å²) in [5.74, 6) is 0.377.